The summed E-state index contributed by atoms with van der Waals surface area (Å²) in [6.07, 6.45) is 2.58. The van der Waals surface area contributed by atoms with E-state index in [1.165, 1.54) is 12.8 Å². The van der Waals surface area contributed by atoms with Crippen molar-refractivity contribution in [1.82, 2.24) is 5.32 Å². The molecule has 0 saturated heterocycles. The van der Waals surface area contributed by atoms with Gasteiger partial charge in [-0.15, -0.1) is 0 Å². The second kappa shape index (κ2) is 5.49. The van der Waals surface area contributed by atoms with Crippen LogP contribution in [-0.2, 0) is 6.54 Å². The Kier molecular flexibility index (Phi) is 3.56. The molecule has 0 spiro atoms. The Bertz CT molecular complexity index is 543. The molecule has 100 valence electrons. The van der Waals surface area contributed by atoms with Crippen LogP contribution < -0.4 is 10.1 Å². The van der Waals surface area contributed by atoms with E-state index in [9.17, 15) is 0 Å². The molecule has 2 aromatic rings. The number of hydrogen-bond acceptors (Lipinski definition) is 3. The lowest BCUT2D eigenvalue weighted by atomic mass is 10.1. The molecule has 3 nitrogen and oxygen atoms in total. The van der Waals surface area contributed by atoms with E-state index >= 15 is 0 Å². The van der Waals surface area contributed by atoms with E-state index in [0.29, 0.717) is 12.6 Å². The third-order valence-electron chi connectivity index (χ3n) is 3.26. The lowest BCUT2D eigenvalue weighted by Gasteiger charge is -2.07. The Hall–Kier alpha value is -1.74. The van der Waals surface area contributed by atoms with Gasteiger partial charge in [-0.25, -0.2) is 0 Å². The first-order chi connectivity index (χ1) is 9.36. The van der Waals surface area contributed by atoms with E-state index in [2.05, 4.69) is 5.32 Å². The maximum Gasteiger partial charge on any atom is 0.138 e. The van der Waals surface area contributed by atoms with Crippen molar-refractivity contribution in [3.63, 3.8) is 0 Å². The van der Waals surface area contributed by atoms with Gasteiger partial charge in [0.1, 0.15) is 17.3 Å². The molecule has 19 heavy (non-hydrogen) atoms. The molecule has 0 unspecified atom stereocenters. The smallest absolute Gasteiger partial charge is 0.138 e. The predicted molar refractivity (Wildman–Crippen MR) is 75.2 cm³/mol. The first kappa shape index (κ1) is 12.3. The molecule has 1 aromatic carbocycles. The summed E-state index contributed by atoms with van der Waals surface area (Å²) in [5, 5.41) is 3.45. The second-order valence-corrected chi connectivity index (χ2v) is 4.85. The minimum absolute atomic E-state index is 0.661. The monoisotopic (exact) mass is 257 g/mol. The number of benzene rings is 1. The third kappa shape index (κ3) is 2.99. The van der Waals surface area contributed by atoms with Gasteiger partial charge < -0.3 is 14.5 Å². The van der Waals surface area contributed by atoms with Crippen LogP contribution in [0.3, 0.4) is 0 Å². The Balaban J connectivity index is 1.77. The fraction of sp³-hybridized carbons (Fsp3) is 0.375. The van der Waals surface area contributed by atoms with Crippen molar-refractivity contribution >= 4 is 0 Å². The zero-order chi connectivity index (χ0) is 13.1. The van der Waals surface area contributed by atoms with Gasteiger partial charge in [0.25, 0.3) is 0 Å². The van der Waals surface area contributed by atoms with Crippen molar-refractivity contribution in [2.45, 2.75) is 32.4 Å². The van der Waals surface area contributed by atoms with Crippen LogP contribution in [0.5, 0.6) is 5.75 Å². The maximum atomic E-state index is 5.89. The van der Waals surface area contributed by atoms with Gasteiger partial charge in [0.15, 0.2) is 0 Å². The molecule has 0 aliphatic heterocycles. The molecule has 3 rings (SSSR count). The zero-order valence-corrected chi connectivity index (χ0v) is 11.2. The topological polar surface area (TPSA) is 34.4 Å². The van der Waals surface area contributed by atoms with Gasteiger partial charge >= 0.3 is 0 Å². The number of hydrogen-bond donors (Lipinski definition) is 1. The average molecular weight is 257 g/mol. The van der Waals surface area contributed by atoms with Crippen LogP contribution in [-0.4, -0.2) is 12.6 Å². The molecule has 0 bridgehead atoms. The number of para-hydroxylation sites is 1. The van der Waals surface area contributed by atoms with E-state index in [4.69, 9.17) is 9.15 Å². The van der Waals surface area contributed by atoms with Crippen molar-refractivity contribution in [1.29, 1.82) is 0 Å². The summed E-state index contributed by atoms with van der Waals surface area (Å²) in [6.45, 7) is 3.46. The minimum Gasteiger partial charge on any atom is -0.493 e. The van der Waals surface area contributed by atoms with Crippen LogP contribution in [0.25, 0.3) is 11.3 Å². The van der Waals surface area contributed by atoms with Crippen LogP contribution in [0.4, 0.5) is 0 Å². The van der Waals surface area contributed by atoms with Crippen molar-refractivity contribution in [2.75, 3.05) is 6.61 Å². The Morgan fingerprint density at radius 2 is 2.05 bits per heavy atom. The van der Waals surface area contributed by atoms with E-state index in [-0.39, 0.29) is 0 Å². The maximum absolute atomic E-state index is 5.89. The molecule has 1 N–H and O–H groups in total. The average Bonchev–Trinajstić information content (AvgIpc) is 3.15. The van der Waals surface area contributed by atoms with Crippen molar-refractivity contribution < 1.29 is 9.15 Å². The molecule has 3 heteroatoms. The highest BCUT2D eigenvalue weighted by Gasteiger charge is 2.20. The van der Waals surface area contributed by atoms with Crippen LogP contribution in [0, 0.1) is 0 Å². The molecular formula is C16H19NO2. The molecule has 1 heterocycles. The normalized spacial score (nSPS) is 14.6. The molecule has 1 aliphatic carbocycles. The van der Waals surface area contributed by atoms with Gasteiger partial charge in [-0.1, -0.05) is 12.1 Å². The zero-order valence-electron chi connectivity index (χ0n) is 11.2. The van der Waals surface area contributed by atoms with Gasteiger partial charge in [-0.2, -0.15) is 0 Å². The fourth-order valence-corrected chi connectivity index (χ4v) is 2.10. The minimum atomic E-state index is 0.661. The molecular weight excluding hydrogens is 238 g/mol. The van der Waals surface area contributed by atoms with Crippen molar-refractivity contribution in [3.05, 3.63) is 42.2 Å². The summed E-state index contributed by atoms with van der Waals surface area (Å²) >= 11 is 0. The second-order valence-electron chi connectivity index (χ2n) is 4.85. The summed E-state index contributed by atoms with van der Waals surface area (Å²) in [5.41, 5.74) is 1.02. The van der Waals surface area contributed by atoms with Crippen LogP contribution in [0.1, 0.15) is 25.5 Å². The van der Waals surface area contributed by atoms with Gasteiger partial charge in [0, 0.05) is 6.04 Å². The van der Waals surface area contributed by atoms with Gasteiger partial charge in [0.05, 0.1) is 18.7 Å². The molecule has 1 aliphatic rings. The standard InChI is InChI=1S/C16H19NO2/c1-2-18-15-6-4-3-5-14(15)16-10-9-13(19-16)11-17-12-7-8-12/h3-6,9-10,12,17H,2,7-8,11H2,1H3. The van der Waals surface area contributed by atoms with Crippen LogP contribution in [0.2, 0.25) is 0 Å². The lowest BCUT2D eigenvalue weighted by Crippen LogP contribution is -2.14. The molecule has 1 aromatic heterocycles. The summed E-state index contributed by atoms with van der Waals surface area (Å²) in [4.78, 5) is 0. The highest BCUT2D eigenvalue weighted by Crippen LogP contribution is 2.31. The van der Waals surface area contributed by atoms with E-state index in [1.807, 2.05) is 43.3 Å². The largest absolute Gasteiger partial charge is 0.493 e. The summed E-state index contributed by atoms with van der Waals surface area (Å²) in [5.74, 6) is 2.73. The van der Waals surface area contributed by atoms with Gasteiger partial charge in [-0.3, -0.25) is 0 Å². The summed E-state index contributed by atoms with van der Waals surface area (Å²) < 4.78 is 11.5. The van der Waals surface area contributed by atoms with E-state index < -0.39 is 0 Å². The summed E-state index contributed by atoms with van der Waals surface area (Å²) in [6, 6.07) is 12.7. The fourth-order valence-electron chi connectivity index (χ4n) is 2.10. The molecule has 0 atom stereocenters. The van der Waals surface area contributed by atoms with Gasteiger partial charge in [-0.05, 0) is 44.0 Å². The molecule has 1 saturated carbocycles. The van der Waals surface area contributed by atoms with E-state index in [1.54, 1.807) is 0 Å². The number of rotatable bonds is 6. The Labute approximate surface area is 113 Å². The molecule has 0 amide bonds. The SMILES string of the molecule is CCOc1ccccc1-c1ccc(CNC2CC2)o1. The number of ether oxygens (including phenoxy) is 1. The summed E-state index contributed by atoms with van der Waals surface area (Å²) in [7, 11) is 0. The number of furan rings is 1. The highest BCUT2D eigenvalue weighted by molar-refractivity contribution is 5.65. The first-order valence-corrected chi connectivity index (χ1v) is 6.91. The molecule has 0 radical (unpaired) electrons. The quantitative estimate of drug-likeness (QED) is 0.858. The first-order valence-electron chi connectivity index (χ1n) is 6.91. The third-order valence-corrected chi connectivity index (χ3v) is 3.26. The molecule has 1 fully saturated rings. The highest BCUT2D eigenvalue weighted by atomic mass is 16.5. The Morgan fingerprint density at radius 3 is 2.84 bits per heavy atom. The number of nitrogens with one attached hydrogen (secondary N) is 1. The van der Waals surface area contributed by atoms with Crippen LogP contribution in [0.15, 0.2) is 40.8 Å². The van der Waals surface area contributed by atoms with Crippen molar-refractivity contribution in [2.24, 2.45) is 0 Å². The predicted octanol–water partition coefficient (Wildman–Crippen LogP) is 3.60. The Morgan fingerprint density at radius 1 is 1.21 bits per heavy atom. The van der Waals surface area contributed by atoms with Gasteiger partial charge in [0.2, 0.25) is 0 Å². The van der Waals surface area contributed by atoms with Crippen LogP contribution >= 0.6 is 0 Å². The van der Waals surface area contributed by atoms with E-state index in [0.717, 1.165) is 29.4 Å². The van der Waals surface area contributed by atoms with Crippen molar-refractivity contribution in [3.8, 4) is 17.1 Å². The lowest BCUT2D eigenvalue weighted by molar-refractivity contribution is 0.340.